The van der Waals surface area contributed by atoms with Gasteiger partial charge in [-0.15, -0.1) is 0 Å². The van der Waals surface area contributed by atoms with E-state index in [9.17, 15) is 27.9 Å². The Balaban J connectivity index is 1.86. The highest BCUT2D eigenvalue weighted by molar-refractivity contribution is 6.33. The number of carboxylic acids is 1. The van der Waals surface area contributed by atoms with Gasteiger partial charge in [0.1, 0.15) is 5.69 Å². The summed E-state index contributed by atoms with van der Waals surface area (Å²) in [6, 6.07) is 9.03. The number of aromatic carboxylic acids is 1. The Bertz CT molecular complexity index is 1130. The zero-order valence-corrected chi connectivity index (χ0v) is 16.0. The summed E-state index contributed by atoms with van der Waals surface area (Å²) in [4.78, 5) is 30.8. The molecule has 1 N–H and O–H groups in total. The lowest BCUT2D eigenvalue weighted by Gasteiger charge is -2.12. The van der Waals surface area contributed by atoms with E-state index < -0.39 is 23.7 Å². The molecule has 6 nitrogen and oxygen atoms in total. The Labute approximate surface area is 173 Å². The van der Waals surface area contributed by atoms with Gasteiger partial charge in [0.2, 0.25) is 0 Å². The number of rotatable bonds is 4. The number of carbonyl (C=O) groups excluding carboxylic acids is 2. The SMILES string of the molecule is Cc1nc(C(F)(F)F)ccc1C(=O)Nc1ccc(Cl)c(-c2ccc(C(=O)[O-])cn2)c1. The summed E-state index contributed by atoms with van der Waals surface area (Å²) in [7, 11) is 0. The van der Waals surface area contributed by atoms with E-state index in [2.05, 4.69) is 15.3 Å². The minimum atomic E-state index is -4.61. The highest BCUT2D eigenvalue weighted by Crippen LogP contribution is 2.30. The Kier molecular flexibility index (Phi) is 5.75. The molecule has 0 bridgehead atoms. The first-order valence-electron chi connectivity index (χ1n) is 8.40. The molecular weight excluding hydrogens is 423 g/mol. The van der Waals surface area contributed by atoms with Crippen LogP contribution in [0.3, 0.4) is 0 Å². The van der Waals surface area contributed by atoms with Crippen molar-refractivity contribution in [2.45, 2.75) is 13.1 Å². The molecular formula is C20H12ClF3N3O3-. The molecule has 0 aliphatic rings. The third-order valence-electron chi connectivity index (χ3n) is 4.12. The van der Waals surface area contributed by atoms with Crippen molar-refractivity contribution in [2.24, 2.45) is 0 Å². The number of halogens is 4. The van der Waals surface area contributed by atoms with Crippen molar-refractivity contribution < 1.29 is 27.9 Å². The van der Waals surface area contributed by atoms with Gasteiger partial charge in [-0.25, -0.2) is 4.98 Å². The molecule has 1 amide bonds. The fourth-order valence-corrected chi connectivity index (χ4v) is 2.84. The van der Waals surface area contributed by atoms with Crippen LogP contribution in [-0.2, 0) is 6.18 Å². The molecule has 30 heavy (non-hydrogen) atoms. The van der Waals surface area contributed by atoms with Crippen molar-refractivity contribution in [1.29, 1.82) is 0 Å². The summed E-state index contributed by atoms with van der Waals surface area (Å²) in [5, 5.41) is 13.7. The molecule has 2 aromatic heterocycles. The smallest absolute Gasteiger partial charge is 0.433 e. The van der Waals surface area contributed by atoms with Crippen molar-refractivity contribution in [3.8, 4) is 11.3 Å². The first-order chi connectivity index (χ1) is 14.1. The Morgan fingerprint density at radius 1 is 1.10 bits per heavy atom. The molecule has 0 aliphatic heterocycles. The zero-order chi connectivity index (χ0) is 22.1. The topological polar surface area (TPSA) is 95.0 Å². The van der Waals surface area contributed by atoms with Gasteiger partial charge in [-0.05, 0) is 49.4 Å². The molecule has 0 spiro atoms. The first-order valence-corrected chi connectivity index (χ1v) is 8.77. The number of amides is 1. The van der Waals surface area contributed by atoms with Crippen LogP contribution in [0.25, 0.3) is 11.3 Å². The van der Waals surface area contributed by atoms with E-state index in [1.165, 1.54) is 37.3 Å². The van der Waals surface area contributed by atoms with Crippen molar-refractivity contribution in [1.82, 2.24) is 9.97 Å². The summed E-state index contributed by atoms with van der Waals surface area (Å²) in [6.07, 6.45) is -3.49. The number of hydrogen-bond acceptors (Lipinski definition) is 5. The molecule has 0 radical (unpaired) electrons. The highest BCUT2D eigenvalue weighted by atomic mass is 35.5. The molecule has 3 rings (SSSR count). The molecule has 0 saturated carbocycles. The van der Waals surface area contributed by atoms with Gasteiger partial charge < -0.3 is 15.2 Å². The Hall–Kier alpha value is -3.46. The van der Waals surface area contributed by atoms with Crippen LogP contribution in [0.1, 0.15) is 32.1 Å². The Morgan fingerprint density at radius 2 is 1.83 bits per heavy atom. The predicted molar refractivity (Wildman–Crippen MR) is 101 cm³/mol. The van der Waals surface area contributed by atoms with Gasteiger partial charge in [0.05, 0.1) is 27.9 Å². The van der Waals surface area contributed by atoms with Crippen LogP contribution in [0.4, 0.5) is 18.9 Å². The van der Waals surface area contributed by atoms with Crippen LogP contribution in [-0.4, -0.2) is 21.8 Å². The molecule has 0 unspecified atom stereocenters. The lowest BCUT2D eigenvalue weighted by atomic mass is 10.1. The summed E-state index contributed by atoms with van der Waals surface area (Å²) in [5.41, 5.74) is -0.201. The molecule has 3 aromatic rings. The van der Waals surface area contributed by atoms with Crippen LogP contribution >= 0.6 is 11.6 Å². The molecule has 0 fully saturated rings. The number of aromatic nitrogens is 2. The normalized spacial score (nSPS) is 11.2. The second kappa shape index (κ2) is 8.11. The van der Waals surface area contributed by atoms with Crippen LogP contribution < -0.4 is 10.4 Å². The van der Waals surface area contributed by atoms with Crippen LogP contribution in [0, 0.1) is 6.92 Å². The molecule has 2 heterocycles. The van der Waals surface area contributed by atoms with Gasteiger partial charge >= 0.3 is 6.18 Å². The standard InChI is InChI=1S/C20H13ClF3N3O3/c1-10-13(4-7-17(26-10)20(22,23)24)18(28)27-12-3-5-15(21)14(8-12)16-6-2-11(9-25-16)19(29)30/h2-9H,1H3,(H,27,28)(H,29,30)/p-1. The zero-order valence-electron chi connectivity index (χ0n) is 15.2. The fourth-order valence-electron chi connectivity index (χ4n) is 2.63. The molecule has 154 valence electrons. The van der Waals surface area contributed by atoms with Gasteiger partial charge in [-0.3, -0.25) is 9.78 Å². The third-order valence-corrected chi connectivity index (χ3v) is 4.45. The quantitative estimate of drug-likeness (QED) is 0.675. The molecule has 0 atom stereocenters. The van der Waals surface area contributed by atoms with E-state index in [0.717, 1.165) is 18.3 Å². The largest absolute Gasteiger partial charge is 0.545 e. The number of carboxylic acid groups (broad SMARTS) is 1. The number of anilines is 1. The molecule has 1 aromatic carbocycles. The van der Waals surface area contributed by atoms with E-state index in [0.29, 0.717) is 22.0 Å². The lowest BCUT2D eigenvalue weighted by Crippen LogP contribution is -2.22. The third kappa shape index (κ3) is 4.57. The lowest BCUT2D eigenvalue weighted by molar-refractivity contribution is -0.255. The van der Waals surface area contributed by atoms with Gasteiger partial charge in [0.15, 0.2) is 0 Å². The van der Waals surface area contributed by atoms with Crippen molar-refractivity contribution >= 4 is 29.2 Å². The maximum Gasteiger partial charge on any atom is 0.433 e. The fraction of sp³-hybridized carbons (Fsp3) is 0.100. The molecule has 0 aliphatic carbocycles. The predicted octanol–water partition coefficient (Wildman–Crippen LogP) is 3.74. The average molecular weight is 435 g/mol. The van der Waals surface area contributed by atoms with Crippen LogP contribution in [0.15, 0.2) is 48.7 Å². The van der Waals surface area contributed by atoms with Crippen molar-refractivity contribution in [3.63, 3.8) is 0 Å². The summed E-state index contributed by atoms with van der Waals surface area (Å²) in [5.74, 6) is -2.02. The van der Waals surface area contributed by atoms with Crippen LogP contribution in [0.2, 0.25) is 5.02 Å². The second-order valence-electron chi connectivity index (χ2n) is 6.20. The highest BCUT2D eigenvalue weighted by Gasteiger charge is 2.33. The van der Waals surface area contributed by atoms with Gasteiger partial charge in [-0.1, -0.05) is 11.6 Å². The van der Waals surface area contributed by atoms with E-state index in [4.69, 9.17) is 11.6 Å². The van der Waals surface area contributed by atoms with Crippen LogP contribution in [0.5, 0.6) is 0 Å². The number of aryl methyl sites for hydroxylation is 1. The minimum Gasteiger partial charge on any atom is -0.545 e. The van der Waals surface area contributed by atoms with Gasteiger partial charge in [-0.2, -0.15) is 13.2 Å². The number of nitrogens with one attached hydrogen (secondary N) is 1. The van der Waals surface area contributed by atoms with E-state index >= 15 is 0 Å². The van der Waals surface area contributed by atoms with E-state index in [-0.39, 0.29) is 16.8 Å². The van der Waals surface area contributed by atoms with E-state index in [1.807, 2.05) is 0 Å². The molecule has 10 heteroatoms. The number of benzene rings is 1. The monoisotopic (exact) mass is 434 g/mol. The maximum absolute atomic E-state index is 12.7. The summed E-state index contributed by atoms with van der Waals surface area (Å²) < 4.78 is 38.2. The number of alkyl halides is 3. The second-order valence-corrected chi connectivity index (χ2v) is 6.60. The van der Waals surface area contributed by atoms with E-state index in [1.54, 1.807) is 0 Å². The Morgan fingerprint density at radius 3 is 2.40 bits per heavy atom. The number of nitrogens with zero attached hydrogens (tertiary/aromatic N) is 2. The average Bonchev–Trinajstić information content (AvgIpc) is 2.68. The molecule has 0 saturated heterocycles. The van der Waals surface area contributed by atoms with Crippen molar-refractivity contribution in [3.05, 3.63) is 76.2 Å². The number of hydrogen-bond donors (Lipinski definition) is 1. The number of carbonyl (C=O) groups is 2. The summed E-state index contributed by atoms with van der Waals surface area (Å²) in [6.45, 7) is 1.31. The van der Waals surface area contributed by atoms with Gasteiger partial charge in [0.25, 0.3) is 5.91 Å². The van der Waals surface area contributed by atoms with Crippen molar-refractivity contribution in [2.75, 3.05) is 5.32 Å². The maximum atomic E-state index is 12.7. The number of pyridine rings is 2. The van der Waals surface area contributed by atoms with Gasteiger partial charge in [0, 0.05) is 23.0 Å². The minimum absolute atomic E-state index is 0.0177. The first kappa shape index (κ1) is 21.3. The summed E-state index contributed by atoms with van der Waals surface area (Å²) >= 11 is 6.17.